The molecule has 0 unspecified atom stereocenters. The molecule has 1 aromatic carbocycles. The summed E-state index contributed by atoms with van der Waals surface area (Å²) in [6.45, 7) is 0. The summed E-state index contributed by atoms with van der Waals surface area (Å²) in [4.78, 5) is 17.8. The molecule has 0 aliphatic carbocycles. The number of carbonyl (C=O) groups is 1. The number of guanidine groups is 2. The van der Waals surface area contributed by atoms with Crippen molar-refractivity contribution in [1.29, 1.82) is 0 Å². The third kappa shape index (κ3) is 3.38. The summed E-state index contributed by atoms with van der Waals surface area (Å²) >= 11 is 0. The first-order valence-corrected chi connectivity index (χ1v) is 4.40. The van der Waals surface area contributed by atoms with Gasteiger partial charge in [0.05, 0.1) is 5.69 Å². The summed E-state index contributed by atoms with van der Waals surface area (Å²) in [5.74, 6) is -2.11. The quantitative estimate of drug-likeness (QED) is 0.338. The molecule has 0 spiro atoms. The van der Waals surface area contributed by atoms with Gasteiger partial charge in [0.2, 0.25) is 5.96 Å². The number of hydrogen-bond donors (Lipinski definition) is 5. The summed E-state index contributed by atoms with van der Waals surface area (Å²) in [5.41, 5.74) is 15.5. The van der Waals surface area contributed by atoms with Gasteiger partial charge < -0.3 is 27.4 Å². The predicted molar refractivity (Wildman–Crippen MR) is 62.2 cm³/mol. The molecule has 0 aliphatic rings. The van der Waals surface area contributed by atoms with Gasteiger partial charge >= 0.3 is 5.97 Å². The number of carboxylic acid groups (broad SMARTS) is 1. The van der Waals surface area contributed by atoms with Gasteiger partial charge in [0, 0.05) is 6.07 Å². The second-order valence-electron chi connectivity index (χ2n) is 3.01. The van der Waals surface area contributed by atoms with E-state index in [4.69, 9.17) is 22.3 Å². The highest BCUT2D eigenvalue weighted by molar-refractivity contribution is 5.94. The van der Waals surface area contributed by atoms with E-state index in [-0.39, 0.29) is 23.2 Å². The molecule has 0 aliphatic heterocycles. The van der Waals surface area contributed by atoms with Crippen LogP contribution in [0.3, 0.4) is 0 Å². The van der Waals surface area contributed by atoms with Gasteiger partial charge in [-0.1, -0.05) is 0 Å². The summed E-state index contributed by atoms with van der Waals surface area (Å²) in [6, 6.07) is 3.69. The predicted octanol–water partition coefficient (Wildman–Crippen LogP) is -0.690. The average molecular weight is 237 g/mol. The lowest BCUT2D eigenvalue weighted by Gasteiger charge is -2.00. The largest absolute Gasteiger partial charge is 0.507 e. The molecule has 0 radical (unpaired) electrons. The van der Waals surface area contributed by atoms with Crippen LogP contribution in [0, 0.1) is 0 Å². The number of phenols is 1. The SMILES string of the molecule is NC(N)=NC(N)=Nc1ccc(C(=O)O)c(O)c1. The Bertz CT molecular complexity index is 505. The number of aliphatic imine (C=N–C) groups is 2. The van der Waals surface area contributed by atoms with Gasteiger partial charge in [-0.2, -0.15) is 4.99 Å². The van der Waals surface area contributed by atoms with E-state index in [9.17, 15) is 9.90 Å². The lowest BCUT2D eigenvalue weighted by molar-refractivity contribution is 0.0694. The Morgan fingerprint density at radius 1 is 1.24 bits per heavy atom. The highest BCUT2D eigenvalue weighted by Gasteiger charge is 2.09. The topological polar surface area (TPSA) is 160 Å². The van der Waals surface area contributed by atoms with Crippen LogP contribution in [-0.4, -0.2) is 28.1 Å². The standard InChI is InChI=1S/C9H11N5O3/c10-8(11)14-9(12)13-4-1-2-5(7(16)17)6(15)3-4/h1-3,15H,(H,16,17)(H6,10,11,12,13,14). The molecule has 8 heteroatoms. The van der Waals surface area contributed by atoms with E-state index in [0.717, 1.165) is 6.07 Å². The molecule has 1 rings (SSSR count). The Kier molecular flexibility index (Phi) is 3.50. The molecule has 17 heavy (non-hydrogen) atoms. The van der Waals surface area contributed by atoms with Gasteiger partial charge in [-0.3, -0.25) is 0 Å². The zero-order valence-corrected chi connectivity index (χ0v) is 8.66. The molecule has 0 bridgehead atoms. The fourth-order valence-electron chi connectivity index (χ4n) is 1.06. The van der Waals surface area contributed by atoms with E-state index in [1.165, 1.54) is 12.1 Å². The van der Waals surface area contributed by atoms with E-state index < -0.39 is 11.7 Å². The number of rotatable bonds is 2. The molecule has 0 amide bonds. The van der Waals surface area contributed by atoms with Gasteiger partial charge in [-0.05, 0) is 12.1 Å². The Morgan fingerprint density at radius 2 is 1.88 bits per heavy atom. The summed E-state index contributed by atoms with van der Waals surface area (Å²) in [6.07, 6.45) is 0. The molecule has 0 saturated heterocycles. The van der Waals surface area contributed by atoms with Crippen molar-refractivity contribution in [3.05, 3.63) is 23.8 Å². The van der Waals surface area contributed by atoms with Crippen molar-refractivity contribution in [3.63, 3.8) is 0 Å². The van der Waals surface area contributed by atoms with Crippen molar-refractivity contribution < 1.29 is 15.0 Å². The second-order valence-corrected chi connectivity index (χ2v) is 3.01. The number of benzene rings is 1. The fourth-order valence-corrected chi connectivity index (χ4v) is 1.06. The van der Waals surface area contributed by atoms with E-state index in [2.05, 4.69) is 9.98 Å². The molecule has 8 N–H and O–H groups in total. The number of nitrogens with zero attached hydrogens (tertiary/aromatic N) is 2. The van der Waals surface area contributed by atoms with Crippen molar-refractivity contribution in [2.24, 2.45) is 27.2 Å². The first-order valence-electron chi connectivity index (χ1n) is 4.40. The van der Waals surface area contributed by atoms with Crippen LogP contribution in [0.2, 0.25) is 0 Å². The Morgan fingerprint density at radius 3 is 2.35 bits per heavy atom. The average Bonchev–Trinajstić information content (AvgIpc) is 2.15. The molecule has 0 heterocycles. The van der Waals surface area contributed by atoms with Crippen LogP contribution < -0.4 is 17.2 Å². The molecule has 8 nitrogen and oxygen atoms in total. The zero-order chi connectivity index (χ0) is 13.0. The molecule has 0 saturated carbocycles. The Balaban J connectivity index is 3.07. The Hall–Kier alpha value is -2.77. The number of nitrogens with two attached hydrogens (primary N) is 3. The van der Waals surface area contributed by atoms with Crippen LogP contribution in [0.4, 0.5) is 5.69 Å². The van der Waals surface area contributed by atoms with E-state index in [1.807, 2.05) is 0 Å². The molecular weight excluding hydrogens is 226 g/mol. The molecule has 0 atom stereocenters. The van der Waals surface area contributed by atoms with Crippen LogP contribution in [0.15, 0.2) is 28.2 Å². The van der Waals surface area contributed by atoms with Crippen molar-refractivity contribution in [1.82, 2.24) is 0 Å². The van der Waals surface area contributed by atoms with Crippen molar-refractivity contribution >= 4 is 23.6 Å². The van der Waals surface area contributed by atoms with Crippen LogP contribution >= 0.6 is 0 Å². The zero-order valence-electron chi connectivity index (χ0n) is 8.66. The number of carboxylic acids is 1. The maximum atomic E-state index is 10.6. The highest BCUT2D eigenvalue weighted by Crippen LogP contribution is 2.23. The van der Waals surface area contributed by atoms with Crippen LogP contribution in [0.5, 0.6) is 5.75 Å². The second kappa shape index (κ2) is 4.84. The number of aromatic hydroxyl groups is 1. The molecule has 0 fully saturated rings. The first-order chi connectivity index (χ1) is 7.90. The minimum atomic E-state index is -1.24. The van der Waals surface area contributed by atoms with Crippen LogP contribution in [-0.2, 0) is 0 Å². The van der Waals surface area contributed by atoms with Crippen molar-refractivity contribution in [2.75, 3.05) is 0 Å². The monoisotopic (exact) mass is 237 g/mol. The van der Waals surface area contributed by atoms with Gasteiger partial charge in [-0.15, -0.1) is 0 Å². The van der Waals surface area contributed by atoms with E-state index in [0.29, 0.717) is 0 Å². The van der Waals surface area contributed by atoms with Crippen molar-refractivity contribution in [3.8, 4) is 5.75 Å². The first kappa shape index (κ1) is 12.3. The summed E-state index contributed by atoms with van der Waals surface area (Å²) in [5, 5.41) is 18.1. The lowest BCUT2D eigenvalue weighted by atomic mass is 10.2. The van der Waals surface area contributed by atoms with Gasteiger partial charge in [-0.25, -0.2) is 9.79 Å². The minimum absolute atomic E-state index is 0.201. The summed E-state index contributed by atoms with van der Waals surface area (Å²) < 4.78 is 0. The fraction of sp³-hybridized carbons (Fsp3) is 0. The lowest BCUT2D eigenvalue weighted by Crippen LogP contribution is -2.26. The summed E-state index contributed by atoms with van der Waals surface area (Å²) in [7, 11) is 0. The van der Waals surface area contributed by atoms with Gasteiger partial charge in [0.15, 0.2) is 5.96 Å². The molecule has 1 aromatic rings. The van der Waals surface area contributed by atoms with E-state index in [1.54, 1.807) is 0 Å². The molecule has 90 valence electrons. The van der Waals surface area contributed by atoms with E-state index >= 15 is 0 Å². The number of aromatic carboxylic acids is 1. The van der Waals surface area contributed by atoms with Crippen LogP contribution in [0.25, 0.3) is 0 Å². The Labute approximate surface area is 96.1 Å². The van der Waals surface area contributed by atoms with Crippen molar-refractivity contribution in [2.45, 2.75) is 0 Å². The molecule has 0 aromatic heterocycles. The maximum absolute atomic E-state index is 10.6. The normalized spacial score (nSPS) is 10.9. The maximum Gasteiger partial charge on any atom is 0.339 e. The van der Waals surface area contributed by atoms with Gasteiger partial charge in [0.1, 0.15) is 11.3 Å². The van der Waals surface area contributed by atoms with Gasteiger partial charge in [0.25, 0.3) is 0 Å². The third-order valence-electron chi connectivity index (χ3n) is 1.70. The van der Waals surface area contributed by atoms with Crippen LogP contribution in [0.1, 0.15) is 10.4 Å². The highest BCUT2D eigenvalue weighted by atomic mass is 16.4. The number of hydrogen-bond acceptors (Lipinski definition) is 3. The minimum Gasteiger partial charge on any atom is -0.507 e. The third-order valence-corrected chi connectivity index (χ3v) is 1.70. The molecular formula is C9H11N5O3. The smallest absolute Gasteiger partial charge is 0.339 e.